The monoisotopic (exact) mass is 218 g/mol. The molecule has 0 aliphatic carbocycles. The largest absolute Gasteiger partial charge is 0.395 e. The van der Waals surface area contributed by atoms with Crippen molar-refractivity contribution in [1.29, 1.82) is 0 Å². The van der Waals surface area contributed by atoms with Crippen LogP contribution in [0.15, 0.2) is 18.3 Å². The van der Waals surface area contributed by atoms with E-state index in [1.165, 1.54) is 0 Å². The van der Waals surface area contributed by atoms with Crippen molar-refractivity contribution in [1.82, 2.24) is 4.98 Å². The van der Waals surface area contributed by atoms with E-state index in [2.05, 4.69) is 4.98 Å². The second-order valence-corrected chi connectivity index (χ2v) is 2.91. The average molecular weight is 219 g/mol. The summed E-state index contributed by atoms with van der Waals surface area (Å²) in [6.45, 7) is -0.108. The Morgan fingerprint density at radius 1 is 1.43 bits per heavy atom. The highest BCUT2D eigenvalue weighted by Crippen LogP contribution is 2.06. The Bertz CT molecular complexity index is 271. The first-order valence-corrected chi connectivity index (χ1v) is 4.18. The molecule has 0 fully saturated rings. The van der Waals surface area contributed by atoms with Crippen LogP contribution in [0, 0.1) is 0 Å². The van der Waals surface area contributed by atoms with E-state index in [9.17, 15) is 0 Å². The molecule has 0 aliphatic rings. The van der Waals surface area contributed by atoms with Crippen LogP contribution in [0.25, 0.3) is 0 Å². The topological polar surface area (TPSA) is 79.4 Å². The summed E-state index contributed by atoms with van der Waals surface area (Å²) >= 11 is 0. The van der Waals surface area contributed by atoms with Gasteiger partial charge in [-0.25, -0.2) is 0 Å². The zero-order chi connectivity index (χ0) is 9.68. The zero-order valence-corrected chi connectivity index (χ0v) is 8.57. The van der Waals surface area contributed by atoms with Gasteiger partial charge in [0.25, 0.3) is 0 Å². The summed E-state index contributed by atoms with van der Waals surface area (Å²) in [7, 11) is 0. The SMILES string of the molecule is Cl.N[C@@H](CO)Cc1ncccc1CO. The molecule has 1 aromatic rings. The van der Waals surface area contributed by atoms with Gasteiger partial charge in [-0.3, -0.25) is 4.98 Å². The summed E-state index contributed by atoms with van der Waals surface area (Å²) < 4.78 is 0. The molecule has 14 heavy (non-hydrogen) atoms. The summed E-state index contributed by atoms with van der Waals surface area (Å²) in [6, 6.07) is 3.26. The number of aliphatic hydroxyl groups is 2. The lowest BCUT2D eigenvalue weighted by molar-refractivity contribution is 0.261. The van der Waals surface area contributed by atoms with E-state index in [1.54, 1.807) is 18.3 Å². The molecule has 1 aromatic heterocycles. The highest BCUT2D eigenvalue weighted by atomic mass is 35.5. The molecule has 0 aromatic carbocycles. The molecule has 0 bridgehead atoms. The quantitative estimate of drug-likeness (QED) is 0.657. The predicted molar refractivity (Wildman–Crippen MR) is 56.2 cm³/mol. The van der Waals surface area contributed by atoms with Crippen LogP contribution >= 0.6 is 12.4 Å². The second-order valence-electron chi connectivity index (χ2n) is 2.91. The van der Waals surface area contributed by atoms with Crippen molar-refractivity contribution < 1.29 is 10.2 Å². The number of halogens is 1. The number of aromatic nitrogens is 1. The second kappa shape index (κ2) is 6.73. The van der Waals surface area contributed by atoms with Crippen molar-refractivity contribution >= 4 is 12.4 Å². The number of pyridine rings is 1. The third-order valence-corrected chi connectivity index (χ3v) is 1.84. The minimum atomic E-state index is -0.305. The Kier molecular flexibility index (Phi) is 6.40. The van der Waals surface area contributed by atoms with Crippen molar-refractivity contribution in [2.24, 2.45) is 5.73 Å². The van der Waals surface area contributed by atoms with Gasteiger partial charge in [-0.15, -0.1) is 12.4 Å². The molecule has 0 spiro atoms. The Morgan fingerprint density at radius 2 is 2.14 bits per heavy atom. The van der Waals surface area contributed by atoms with E-state index in [4.69, 9.17) is 15.9 Å². The predicted octanol–water partition coefficient (Wildman–Crippen LogP) is -0.142. The standard InChI is InChI=1S/C9H14N2O2.ClH/c10-8(6-13)4-9-7(5-12)2-1-3-11-9;/h1-3,8,12-13H,4-6,10H2;1H/t8-;/m1./s1. The van der Waals surface area contributed by atoms with Crippen molar-refractivity contribution in [3.05, 3.63) is 29.6 Å². The first-order chi connectivity index (χ1) is 6.27. The number of nitrogens with zero attached hydrogens (tertiary/aromatic N) is 1. The maximum absolute atomic E-state index is 8.96. The lowest BCUT2D eigenvalue weighted by atomic mass is 10.1. The Hall–Kier alpha value is -0.680. The summed E-state index contributed by atoms with van der Waals surface area (Å²) in [5.41, 5.74) is 7.08. The van der Waals surface area contributed by atoms with Gasteiger partial charge in [0, 0.05) is 24.4 Å². The molecular formula is C9H15ClN2O2. The molecule has 0 radical (unpaired) electrons. The fraction of sp³-hybridized carbons (Fsp3) is 0.444. The molecule has 80 valence electrons. The molecule has 1 rings (SSSR count). The minimum Gasteiger partial charge on any atom is -0.395 e. The minimum absolute atomic E-state index is 0. The van der Waals surface area contributed by atoms with Gasteiger partial charge in [-0.1, -0.05) is 6.07 Å². The molecule has 0 saturated heterocycles. The number of hydrogen-bond donors (Lipinski definition) is 3. The van der Waals surface area contributed by atoms with Gasteiger partial charge in [-0.05, 0) is 11.6 Å². The fourth-order valence-corrected chi connectivity index (χ4v) is 1.11. The van der Waals surface area contributed by atoms with Crippen molar-refractivity contribution in [2.45, 2.75) is 19.1 Å². The van der Waals surface area contributed by atoms with E-state index in [0.29, 0.717) is 6.42 Å². The number of rotatable bonds is 4. The molecule has 0 amide bonds. The first-order valence-electron chi connectivity index (χ1n) is 4.18. The van der Waals surface area contributed by atoms with E-state index >= 15 is 0 Å². The lowest BCUT2D eigenvalue weighted by Gasteiger charge is -2.09. The smallest absolute Gasteiger partial charge is 0.0699 e. The van der Waals surface area contributed by atoms with Gasteiger partial charge in [-0.2, -0.15) is 0 Å². The molecule has 0 saturated carbocycles. The van der Waals surface area contributed by atoms with Gasteiger partial charge in [0.2, 0.25) is 0 Å². The maximum Gasteiger partial charge on any atom is 0.0699 e. The van der Waals surface area contributed by atoms with Gasteiger partial charge >= 0.3 is 0 Å². The summed E-state index contributed by atoms with van der Waals surface area (Å²) in [5.74, 6) is 0. The molecule has 1 atom stereocenters. The Morgan fingerprint density at radius 3 is 2.71 bits per heavy atom. The van der Waals surface area contributed by atoms with Crippen LogP contribution in [0.5, 0.6) is 0 Å². The first kappa shape index (κ1) is 13.3. The van der Waals surface area contributed by atoms with Gasteiger partial charge in [0.05, 0.1) is 13.2 Å². The number of aliphatic hydroxyl groups excluding tert-OH is 2. The van der Waals surface area contributed by atoms with Crippen LogP contribution in [0.2, 0.25) is 0 Å². The summed E-state index contributed by atoms with van der Waals surface area (Å²) in [6.07, 6.45) is 2.14. The number of nitrogens with two attached hydrogens (primary N) is 1. The molecular weight excluding hydrogens is 204 g/mol. The van der Waals surface area contributed by atoms with E-state index in [1.807, 2.05) is 0 Å². The third-order valence-electron chi connectivity index (χ3n) is 1.84. The molecule has 4 N–H and O–H groups in total. The van der Waals surface area contributed by atoms with Crippen LogP contribution in [0.4, 0.5) is 0 Å². The van der Waals surface area contributed by atoms with Gasteiger partial charge in [0.15, 0.2) is 0 Å². The van der Waals surface area contributed by atoms with Crippen LogP contribution in [0.3, 0.4) is 0 Å². The molecule has 1 heterocycles. The average Bonchev–Trinajstić information content (AvgIpc) is 2.18. The van der Waals surface area contributed by atoms with Crippen LogP contribution in [-0.2, 0) is 13.0 Å². The van der Waals surface area contributed by atoms with Gasteiger partial charge < -0.3 is 15.9 Å². The summed E-state index contributed by atoms with van der Waals surface area (Å²) in [5, 5.41) is 17.7. The Balaban J connectivity index is 0.00000169. The van der Waals surface area contributed by atoms with Gasteiger partial charge in [0.1, 0.15) is 0 Å². The lowest BCUT2D eigenvalue weighted by Crippen LogP contribution is -2.27. The summed E-state index contributed by atoms with van der Waals surface area (Å²) in [4.78, 5) is 4.09. The molecule has 0 unspecified atom stereocenters. The van der Waals surface area contributed by atoms with E-state index in [-0.39, 0.29) is 31.7 Å². The Labute approximate surface area is 89.2 Å². The third kappa shape index (κ3) is 3.59. The number of hydrogen-bond acceptors (Lipinski definition) is 4. The van der Waals surface area contributed by atoms with Crippen molar-refractivity contribution in [3.63, 3.8) is 0 Å². The maximum atomic E-state index is 8.96. The molecule has 4 nitrogen and oxygen atoms in total. The van der Waals surface area contributed by atoms with Crippen LogP contribution in [-0.4, -0.2) is 27.8 Å². The normalized spacial score (nSPS) is 11.9. The fourth-order valence-electron chi connectivity index (χ4n) is 1.11. The van der Waals surface area contributed by atoms with Crippen LogP contribution in [0.1, 0.15) is 11.3 Å². The molecule has 0 aliphatic heterocycles. The highest BCUT2D eigenvalue weighted by Gasteiger charge is 2.07. The highest BCUT2D eigenvalue weighted by molar-refractivity contribution is 5.85. The van der Waals surface area contributed by atoms with Crippen molar-refractivity contribution in [3.8, 4) is 0 Å². The van der Waals surface area contributed by atoms with E-state index < -0.39 is 0 Å². The van der Waals surface area contributed by atoms with E-state index in [0.717, 1.165) is 11.3 Å². The van der Waals surface area contributed by atoms with Crippen molar-refractivity contribution in [2.75, 3.05) is 6.61 Å². The molecule has 5 heteroatoms. The zero-order valence-electron chi connectivity index (χ0n) is 7.76. The van der Waals surface area contributed by atoms with Crippen LogP contribution < -0.4 is 5.73 Å².